The van der Waals surface area contributed by atoms with Crippen LogP contribution in [0.4, 0.5) is 0 Å². The van der Waals surface area contributed by atoms with Gasteiger partial charge in [0.15, 0.2) is 0 Å². The largest absolute Gasteiger partial charge is 0.0614 e. The lowest BCUT2D eigenvalue weighted by molar-refractivity contribution is 0.590. The van der Waals surface area contributed by atoms with Gasteiger partial charge in [-0.3, -0.25) is 0 Å². The van der Waals surface area contributed by atoms with Gasteiger partial charge >= 0.3 is 0 Å². The molecule has 36 heavy (non-hydrogen) atoms. The Kier molecular flexibility index (Phi) is 6.78. The fourth-order valence-corrected chi connectivity index (χ4v) is 4.62. The van der Waals surface area contributed by atoms with Gasteiger partial charge < -0.3 is 0 Å². The lowest BCUT2D eigenvalue weighted by Gasteiger charge is -2.22. The molecule has 0 aliphatic rings. The van der Waals surface area contributed by atoms with Crippen LogP contribution < -0.4 is 0 Å². The van der Waals surface area contributed by atoms with E-state index in [0.29, 0.717) is 0 Å². The van der Waals surface area contributed by atoms with Gasteiger partial charge in [0.25, 0.3) is 0 Å². The summed E-state index contributed by atoms with van der Waals surface area (Å²) in [5.74, 6) is 0. The van der Waals surface area contributed by atoms with Crippen molar-refractivity contribution in [2.45, 2.75) is 78.6 Å². The molecule has 186 valence electrons. The number of rotatable bonds is 3. The van der Waals surface area contributed by atoms with Crippen molar-refractivity contribution in [2.75, 3.05) is 0 Å². The first-order chi connectivity index (χ1) is 16.7. The van der Waals surface area contributed by atoms with Crippen molar-refractivity contribution in [3.63, 3.8) is 0 Å². The highest BCUT2D eigenvalue weighted by atomic mass is 14.2. The highest BCUT2D eigenvalue weighted by molar-refractivity contribution is 5.81. The van der Waals surface area contributed by atoms with Crippen molar-refractivity contribution >= 4 is 0 Å². The second-order valence-corrected chi connectivity index (χ2v) is 13.3. The van der Waals surface area contributed by atoms with E-state index in [2.05, 4.69) is 153 Å². The Labute approximate surface area is 219 Å². The summed E-state index contributed by atoms with van der Waals surface area (Å²) in [6, 6.07) is 34.2. The van der Waals surface area contributed by atoms with Crippen LogP contribution in [0.2, 0.25) is 0 Å². The zero-order valence-electron chi connectivity index (χ0n) is 23.7. The van der Waals surface area contributed by atoms with Gasteiger partial charge in [0, 0.05) is 0 Å². The van der Waals surface area contributed by atoms with E-state index in [9.17, 15) is 0 Å². The molecule has 0 amide bonds. The molecule has 0 atom stereocenters. The van der Waals surface area contributed by atoms with Crippen molar-refractivity contribution in [3.8, 4) is 33.4 Å². The smallest absolute Gasteiger partial charge is 0.0132 e. The van der Waals surface area contributed by atoms with Gasteiger partial charge in [0.05, 0.1) is 0 Å². The predicted molar refractivity (Wildman–Crippen MR) is 159 cm³/mol. The quantitative estimate of drug-likeness (QED) is 0.277. The predicted octanol–water partition coefficient (Wildman–Crippen LogP) is 10.6. The lowest BCUT2D eigenvalue weighted by Crippen LogP contribution is -2.11. The Balaban J connectivity index is 1.94. The Morgan fingerprint density at radius 1 is 0.306 bits per heavy atom. The third kappa shape index (κ3) is 5.81. The molecule has 0 aliphatic heterocycles. The minimum atomic E-state index is 0.110. The molecule has 0 aliphatic carbocycles. The summed E-state index contributed by atoms with van der Waals surface area (Å²) in [6.07, 6.45) is 0. The summed E-state index contributed by atoms with van der Waals surface area (Å²) in [5.41, 5.74) is 12.0. The minimum absolute atomic E-state index is 0.110. The molecule has 0 unspecified atom stereocenters. The zero-order valence-corrected chi connectivity index (χ0v) is 23.7. The van der Waals surface area contributed by atoms with Gasteiger partial charge in [-0.25, -0.2) is 0 Å². The van der Waals surface area contributed by atoms with Crippen LogP contribution in [-0.2, 0) is 16.2 Å². The van der Waals surface area contributed by atoms with Gasteiger partial charge in [0.1, 0.15) is 0 Å². The van der Waals surface area contributed by atoms with E-state index in [1.165, 1.54) is 50.1 Å². The molecule has 0 nitrogen and oxygen atoms in total. The number of hydrogen-bond donors (Lipinski definition) is 0. The van der Waals surface area contributed by atoms with E-state index in [4.69, 9.17) is 0 Å². The van der Waals surface area contributed by atoms with E-state index in [-0.39, 0.29) is 16.2 Å². The Bertz CT molecular complexity index is 1180. The summed E-state index contributed by atoms with van der Waals surface area (Å²) in [4.78, 5) is 0. The number of benzene rings is 4. The molecular weight excluding hydrogens is 432 g/mol. The van der Waals surface area contributed by atoms with Crippen LogP contribution in [0.1, 0.15) is 79.0 Å². The second kappa shape index (κ2) is 9.40. The van der Waals surface area contributed by atoms with E-state index >= 15 is 0 Å². The van der Waals surface area contributed by atoms with Crippen molar-refractivity contribution in [2.24, 2.45) is 0 Å². The second-order valence-electron chi connectivity index (χ2n) is 13.3. The first-order valence-corrected chi connectivity index (χ1v) is 13.2. The van der Waals surface area contributed by atoms with Crippen LogP contribution >= 0.6 is 0 Å². The molecule has 0 aromatic heterocycles. The maximum Gasteiger partial charge on any atom is -0.0132 e. The van der Waals surface area contributed by atoms with E-state index in [0.717, 1.165) is 0 Å². The average Bonchev–Trinajstić information content (AvgIpc) is 2.82. The van der Waals surface area contributed by atoms with Crippen molar-refractivity contribution in [1.29, 1.82) is 0 Å². The molecule has 4 aromatic rings. The Morgan fingerprint density at radius 3 is 0.778 bits per heavy atom. The molecule has 0 heteroatoms. The van der Waals surface area contributed by atoms with Gasteiger partial charge in [-0.05, 0) is 84.5 Å². The van der Waals surface area contributed by atoms with Gasteiger partial charge in [-0.2, -0.15) is 0 Å². The van der Waals surface area contributed by atoms with Crippen LogP contribution in [-0.4, -0.2) is 0 Å². The molecule has 0 N–H and O–H groups in total. The molecule has 0 radical (unpaired) electrons. The minimum Gasteiger partial charge on any atom is -0.0614 e. The lowest BCUT2D eigenvalue weighted by atomic mass is 9.83. The van der Waals surface area contributed by atoms with Crippen LogP contribution in [0.25, 0.3) is 33.4 Å². The zero-order chi connectivity index (χ0) is 26.3. The van der Waals surface area contributed by atoms with Crippen molar-refractivity contribution in [3.05, 3.63) is 108 Å². The molecule has 0 fully saturated rings. The van der Waals surface area contributed by atoms with E-state index in [1.54, 1.807) is 0 Å². The third-order valence-corrected chi connectivity index (χ3v) is 7.12. The highest BCUT2D eigenvalue weighted by Gasteiger charge is 2.18. The SMILES string of the molecule is CC(C)(C)c1cccc(-c2cc(-c3cccc(C(C)(C)C)c3)cc(-c3cccc(C(C)(C)C)c3)c2)c1. The maximum atomic E-state index is 2.36. The summed E-state index contributed by atoms with van der Waals surface area (Å²) in [5, 5.41) is 0. The number of hydrogen-bond acceptors (Lipinski definition) is 0. The van der Waals surface area contributed by atoms with Crippen LogP contribution in [0, 0.1) is 0 Å². The summed E-state index contributed by atoms with van der Waals surface area (Å²) in [6.45, 7) is 20.5. The highest BCUT2D eigenvalue weighted by Crippen LogP contribution is 2.37. The Hall–Kier alpha value is -3.12. The maximum absolute atomic E-state index is 2.36. The topological polar surface area (TPSA) is 0 Å². The fourth-order valence-electron chi connectivity index (χ4n) is 4.62. The average molecular weight is 475 g/mol. The van der Waals surface area contributed by atoms with Crippen LogP contribution in [0.3, 0.4) is 0 Å². The standard InChI is InChI=1S/C36H42/c1-34(2,3)31-16-10-13-25(22-31)28-19-29(26-14-11-17-32(23-26)35(4,5)6)21-30(20-28)27-15-12-18-33(24-27)36(7,8)9/h10-24H,1-9H3. The van der Waals surface area contributed by atoms with Gasteiger partial charge in [-0.1, -0.05) is 135 Å². The first kappa shape index (κ1) is 26.0. The molecule has 4 rings (SSSR count). The van der Waals surface area contributed by atoms with Crippen LogP contribution in [0.15, 0.2) is 91.0 Å². The molecule has 4 aromatic carbocycles. The third-order valence-electron chi connectivity index (χ3n) is 7.12. The van der Waals surface area contributed by atoms with Gasteiger partial charge in [0.2, 0.25) is 0 Å². The van der Waals surface area contributed by atoms with Crippen molar-refractivity contribution in [1.82, 2.24) is 0 Å². The van der Waals surface area contributed by atoms with E-state index < -0.39 is 0 Å². The van der Waals surface area contributed by atoms with Crippen molar-refractivity contribution < 1.29 is 0 Å². The summed E-state index contributed by atoms with van der Waals surface area (Å²) < 4.78 is 0. The normalized spacial score (nSPS) is 12.6. The summed E-state index contributed by atoms with van der Waals surface area (Å²) >= 11 is 0. The Morgan fingerprint density at radius 2 is 0.556 bits per heavy atom. The fraction of sp³-hybridized carbons (Fsp3) is 0.333. The van der Waals surface area contributed by atoms with Gasteiger partial charge in [-0.15, -0.1) is 0 Å². The summed E-state index contributed by atoms with van der Waals surface area (Å²) in [7, 11) is 0. The molecule has 0 saturated carbocycles. The first-order valence-electron chi connectivity index (χ1n) is 13.2. The monoisotopic (exact) mass is 474 g/mol. The molecule has 0 spiro atoms. The van der Waals surface area contributed by atoms with E-state index in [1.807, 2.05) is 0 Å². The molecule has 0 bridgehead atoms. The van der Waals surface area contributed by atoms with Crippen LogP contribution in [0.5, 0.6) is 0 Å². The molecule has 0 heterocycles. The molecule has 0 saturated heterocycles. The molecular formula is C36H42.